The fourth-order valence-corrected chi connectivity index (χ4v) is 6.40. The third-order valence-corrected chi connectivity index (χ3v) is 8.54. The van der Waals surface area contributed by atoms with E-state index >= 15 is 0 Å². The van der Waals surface area contributed by atoms with Gasteiger partial charge in [-0.25, -0.2) is 8.42 Å². The Balaban J connectivity index is 1.37. The van der Waals surface area contributed by atoms with Gasteiger partial charge in [-0.1, -0.05) is 54.1 Å². The van der Waals surface area contributed by atoms with Crippen molar-refractivity contribution in [2.24, 2.45) is 7.05 Å². The third-order valence-electron chi connectivity index (χ3n) is 6.65. The molecule has 0 N–H and O–H groups in total. The lowest BCUT2D eigenvalue weighted by atomic mass is 9.90. The Kier molecular flexibility index (Phi) is 5.39. The van der Waals surface area contributed by atoms with Crippen LogP contribution < -0.4 is 0 Å². The number of benzene rings is 3. The highest BCUT2D eigenvalue weighted by Gasteiger charge is 2.31. The van der Waals surface area contributed by atoms with Gasteiger partial charge >= 0.3 is 0 Å². The monoisotopic (exact) mass is 444 g/mol. The lowest BCUT2D eigenvalue weighted by Gasteiger charge is -2.31. The number of hydrogen-bond donors (Lipinski definition) is 0. The Hall–Kier alpha value is -2.89. The maximum atomic E-state index is 13.4. The van der Waals surface area contributed by atoms with Crippen LogP contribution in [0.4, 0.5) is 0 Å². The van der Waals surface area contributed by atoms with Gasteiger partial charge < -0.3 is 4.57 Å². The predicted molar refractivity (Wildman–Crippen MR) is 130 cm³/mol. The lowest BCUT2D eigenvalue weighted by molar-refractivity contribution is 0.320. The molecule has 2 heterocycles. The van der Waals surface area contributed by atoms with Crippen LogP contribution >= 0.6 is 0 Å². The van der Waals surface area contributed by atoms with Crippen LogP contribution in [0.5, 0.6) is 0 Å². The Morgan fingerprint density at radius 3 is 2.31 bits per heavy atom. The van der Waals surface area contributed by atoms with Crippen molar-refractivity contribution in [2.45, 2.75) is 30.6 Å². The van der Waals surface area contributed by atoms with Gasteiger partial charge in [0, 0.05) is 37.2 Å². The van der Waals surface area contributed by atoms with Gasteiger partial charge in [-0.15, -0.1) is 0 Å². The molecule has 0 radical (unpaired) electrons. The van der Waals surface area contributed by atoms with Crippen LogP contribution in [0, 0.1) is 6.92 Å². The molecule has 1 aliphatic heterocycles. The van der Waals surface area contributed by atoms with E-state index in [0.717, 1.165) is 24.0 Å². The smallest absolute Gasteiger partial charge is 0.243 e. The molecule has 0 bridgehead atoms. The van der Waals surface area contributed by atoms with E-state index in [0.29, 0.717) is 23.9 Å². The summed E-state index contributed by atoms with van der Waals surface area (Å²) in [6.45, 7) is 3.21. The molecule has 164 valence electrons. The van der Waals surface area contributed by atoms with Gasteiger partial charge in [0.2, 0.25) is 10.0 Å². The summed E-state index contributed by atoms with van der Waals surface area (Å²) < 4.78 is 30.6. The summed E-state index contributed by atoms with van der Waals surface area (Å²) in [7, 11) is -1.43. The minimum Gasteiger partial charge on any atom is -0.350 e. The topological polar surface area (TPSA) is 42.3 Å². The van der Waals surface area contributed by atoms with Gasteiger partial charge in [0.05, 0.1) is 4.90 Å². The first-order valence-electron chi connectivity index (χ1n) is 11.1. The van der Waals surface area contributed by atoms with Crippen molar-refractivity contribution in [3.05, 3.63) is 90.1 Å². The largest absolute Gasteiger partial charge is 0.350 e. The number of fused-ring (bicyclic) bond motifs is 1. The molecule has 4 aromatic rings. The summed E-state index contributed by atoms with van der Waals surface area (Å²) in [5.74, 6) is 0.377. The average Bonchev–Trinajstić information content (AvgIpc) is 3.15. The van der Waals surface area contributed by atoms with Gasteiger partial charge in [0.15, 0.2) is 0 Å². The van der Waals surface area contributed by atoms with Crippen molar-refractivity contribution in [3.63, 3.8) is 0 Å². The highest BCUT2D eigenvalue weighted by atomic mass is 32.2. The number of hydrogen-bond acceptors (Lipinski definition) is 2. The number of aryl methyl sites for hydroxylation is 2. The second kappa shape index (κ2) is 8.23. The molecule has 0 amide bonds. The fourth-order valence-electron chi connectivity index (χ4n) is 4.88. The third kappa shape index (κ3) is 3.76. The summed E-state index contributed by atoms with van der Waals surface area (Å²) in [4.78, 5) is 0.373. The van der Waals surface area contributed by atoms with E-state index in [9.17, 15) is 8.42 Å². The highest BCUT2D eigenvalue weighted by molar-refractivity contribution is 7.89. The second-order valence-corrected chi connectivity index (χ2v) is 10.7. The first-order valence-corrected chi connectivity index (χ1v) is 12.6. The number of piperidine rings is 1. The Morgan fingerprint density at radius 1 is 0.844 bits per heavy atom. The predicted octanol–water partition coefficient (Wildman–Crippen LogP) is 5.72. The molecule has 0 spiro atoms. The van der Waals surface area contributed by atoms with Crippen molar-refractivity contribution in [2.75, 3.05) is 13.1 Å². The fraction of sp³-hybridized carbons (Fsp3) is 0.259. The van der Waals surface area contributed by atoms with E-state index in [1.807, 2.05) is 42.5 Å². The average molecular weight is 445 g/mol. The molecule has 0 unspecified atom stereocenters. The zero-order valence-electron chi connectivity index (χ0n) is 18.5. The molecule has 5 rings (SSSR count). The van der Waals surface area contributed by atoms with Gasteiger partial charge in [-0.2, -0.15) is 4.31 Å². The summed E-state index contributed by atoms with van der Waals surface area (Å²) in [5, 5.41) is 1.30. The van der Waals surface area contributed by atoms with Crippen LogP contribution in [0.1, 0.15) is 29.9 Å². The molecule has 32 heavy (non-hydrogen) atoms. The molecule has 1 aliphatic rings. The zero-order valence-corrected chi connectivity index (χ0v) is 19.3. The molecule has 3 aromatic carbocycles. The molecule has 5 heteroatoms. The van der Waals surface area contributed by atoms with Crippen molar-refractivity contribution < 1.29 is 8.42 Å². The van der Waals surface area contributed by atoms with E-state index in [4.69, 9.17) is 0 Å². The Bertz CT molecular complexity index is 1370. The molecular formula is C27H28N2O2S. The zero-order chi connectivity index (χ0) is 22.3. The van der Waals surface area contributed by atoms with E-state index < -0.39 is 10.0 Å². The van der Waals surface area contributed by atoms with Crippen molar-refractivity contribution in [3.8, 4) is 11.1 Å². The molecule has 4 nitrogen and oxygen atoms in total. The first kappa shape index (κ1) is 21.0. The molecule has 1 saturated heterocycles. The Morgan fingerprint density at radius 2 is 1.56 bits per heavy atom. The molecule has 1 fully saturated rings. The maximum absolute atomic E-state index is 13.4. The second-order valence-electron chi connectivity index (χ2n) is 8.79. The van der Waals surface area contributed by atoms with Crippen LogP contribution in [0.2, 0.25) is 0 Å². The van der Waals surface area contributed by atoms with Crippen LogP contribution in [0.25, 0.3) is 22.0 Å². The van der Waals surface area contributed by atoms with Crippen LogP contribution in [0.3, 0.4) is 0 Å². The van der Waals surface area contributed by atoms with E-state index in [1.54, 1.807) is 16.4 Å². The Labute approximate surface area is 190 Å². The van der Waals surface area contributed by atoms with Gasteiger partial charge in [0.25, 0.3) is 0 Å². The van der Waals surface area contributed by atoms with Crippen LogP contribution in [0.15, 0.2) is 83.9 Å². The molecule has 0 saturated carbocycles. The van der Waals surface area contributed by atoms with Crippen molar-refractivity contribution >= 4 is 20.9 Å². The van der Waals surface area contributed by atoms with E-state index in [-0.39, 0.29) is 0 Å². The van der Waals surface area contributed by atoms with Crippen molar-refractivity contribution in [1.82, 2.24) is 8.87 Å². The van der Waals surface area contributed by atoms with Crippen molar-refractivity contribution in [1.29, 1.82) is 0 Å². The standard InChI is InChI=1S/C27H28N2O2S/c1-20-11-12-27-25(17-20)26(19-28(27)2)22-13-15-29(16-14-22)32(30,31)24-10-6-9-23(18-24)21-7-4-3-5-8-21/h3-12,17-19,22H,13-16H2,1-2H3. The summed E-state index contributed by atoms with van der Waals surface area (Å²) in [5.41, 5.74) is 5.78. The van der Waals surface area contributed by atoms with Gasteiger partial charge in [-0.3, -0.25) is 0 Å². The van der Waals surface area contributed by atoms with Gasteiger partial charge in [-0.05, 0) is 66.6 Å². The summed E-state index contributed by atoms with van der Waals surface area (Å²) >= 11 is 0. The number of sulfonamides is 1. The van der Waals surface area contributed by atoms with E-state index in [1.165, 1.54) is 22.0 Å². The normalized spacial score (nSPS) is 15.9. The lowest BCUT2D eigenvalue weighted by Crippen LogP contribution is -2.37. The number of nitrogens with zero attached hydrogens (tertiary/aromatic N) is 2. The van der Waals surface area contributed by atoms with Gasteiger partial charge in [0.1, 0.15) is 0 Å². The van der Waals surface area contributed by atoms with Crippen LogP contribution in [-0.2, 0) is 17.1 Å². The molecule has 0 atom stereocenters. The first-order chi connectivity index (χ1) is 15.4. The molecular weight excluding hydrogens is 416 g/mol. The maximum Gasteiger partial charge on any atom is 0.243 e. The highest BCUT2D eigenvalue weighted by Crippen LogP contribution is 2.36. The van der Waals surface area contributed by atoms with Crippen LogP contribution in [-0.4, -0.2) is 30.4 Å². The number of aromatic nitrogens is 1. The summed E-state index contributed by atoms with van der Waals surface area (Å²) in [6.07, 6.45) is 3.90. The SMILES string of the molecule is Cc1ccc2c(c1)c(C1CCN(S(=O)(=O)c3cccc(-c4ccccc4)c3)CC1)cn2C. The molecule has 0 aliphatic carbocycles. The summed E-state index contributed by atoms with van der Waals surface area (Å²) in [6, 6.07) is 23.8. The quantitative estimate of drug-likeness (QED) is 0.404. The number of rotatable bonds is 4. The molecule has 1 aromatic heterocycles. The minimum absolute atomic E-state index is 0.373. The van der Waals surface area contributed by atoms with E-state index in [2.05, 4.69) is 42.9 Å². The minimum atomic E-state index is -3.51.